The first-order chi connectivity index (χ1) is 61.8. The van der Waals surface area contributed by atoms with Crippen LogP contribution >= 0.6 is 85.1 Å². The van der Waals surface area contributed by atoms with Crippen molar-refractivity contribution in [1.29, 1.82) is 0 Å². The van der Waals surface area contributed by atoms with Gasteiger partial charge in [0, 0.05) is 86.7 Å². The molecule has 712 valence electrons. The number of rotatable bonds is 22. The first-order valence-electron chi connectivity index (χ1n) is 47.1. The van der Waals surface area contributed by atoms with Crippen molar-refractivity contribution < 1.29 is 135 Å². The van der Waals surface area contributed by atoms with E-state index in [1.807, 2.05) is 67.5 Å². The normalized spacial score (nSPS) is 24.5. The van der Waals surface area contributed by atoms with Crippen LogP contribution in [0.1, 0.15) is 331 Å². The van der Waals surface area contributed by atoms with E-state index in [9.17, 15) is 25.5 Å². The van der Waals surface area contributed by atoms with Crippen LogP contribution in [0.4, 0.5) is 0 Å². The Labute approximate surface area is 875 Å². The summed E-state index contributed by atoms with van der Waals surface area (Å²) in [5, 5.41) is 53.7. The van der Waals surface area contributed by atoms with E-state index in [0.29, 0.717) is 59.0 Å². The van der Waals surface area contributed by atoms with Gasteiger partial charge in [-0.3, -0.25) is 25.0 Å². The SMILES string of the molecule is CCC(C)(C)c1cc(-c2ccccc2)cc(C=NC2CC3CCC2C3)c1O.CCC(C)(C)c1cc(C)cc(C=NC2CC3CCC2C3)c1O.CCC(C)(C)c1cc(C)cc(C=NC2CC3CCC2C3)c1O.CCC(C)(C)c1cc(OC)cc(C=NC2CC3CCC2C3)c1O.CCC(C)(C)c1cccc(C=NC2CC3CCC2C3)c1O.[Cl][Zr][Cl].[Cl][Zr][Cl].[Cl][Zr][Cl].[Cl][Zr][Cl].[Cl][Zr][Cl]. The van der Waals surface area contributed by atoms with Crippen molar-refractivity contribution in [1.82, 2.24) is 0 Å². The fourth-order valence-corrected chi connectivity index (χ4v) is 21.3. The van der Waals surface area contributed by atoms with Gasteiger partial charge in [-0.1, -0.05) is 191 Å². The van der Waals surface area contributed by atoms with E-state index in [-0.39, 0.29) is 27.1 Å². The Morgan fingerprint density at radius 1 is 0.300 bits per heavy atom. The molecule has 10 aliphatic rings. The number of para-hydroxylation sites is 1. The Hall–Kier alpha value is -0.214. The van der Waals surface area contributed by atoms with E-state index in [1.54, 1.807) is 7.11 Å². The molecule has 0 saturated heterocycles. The second kappa shape index (κ2) is 57.2. The number of hydrogen-bond donors (Lipinski definition) is 5. The van der Waals surface area contributed by atoms with Crippen molar-refractivity contribution in [3.8, 4) is 45.6 Å². The zero-order valence-corrected chi connectivity index (χ0v) is 100.0. The molecular formula is C104H145Cl10N5O6Zr5. The maximum atomic E-state index is 11.0. The second-order valence-electron chi connectivity index (χ2n) is 40.8. The molecule has 10 fully saturated rings. The van der Waals surface area contributed by atoms with E-state index >= 15 is 0 Å². The summed E-state index contributed by atoms with van der Waals surface area (Å²) in [5.41, 5.74) is 13.9. The molecule has 10 saturated carbocycles. The van der Waals surface area contributed by atoms with E-state index in [2.05, 4.69) is 178 Å². The molecule has 16 rings (SSSR count). The summed E-state index contributed by atoms with van der Waals surface area (Å²) in [6.45, 7) is 36.9. The maximum absolute atomic E-state index is 11.0. The molecule has 0 spiro atoms. The van der Waals surface area contributed by atoms with Crippen LogP contribution in [0.2, 0.25) is 0 Å². The predicted molar refractivity (Wildman–Crippen MR) is 541 cm³/mol. The van der Waals surface area contributed by atoms with Gasteiger partial charge < -0.3 is 30.3 Å². The number of fused-ring (bicyclic) bond motifs is 10. The Bertz CT molecular complexity index is 4520. The molecule has 26 heteroatoms. The van der Waals surface area contributed by atoms with Crippen molar-refractivity contribution in [2.24, 2.45) is 84.1 Å². The summed E-state index contributed by atoms with van der Waals surface area (Å²) in [4.78, 5) is 24.2. The number of benzene rings is 6. The molecule has 10 bridgehead atoms. The molecule has 0 aromatic heterocycles. The molecule has 10 aliphatic carbocycles. The van der Waals surface area contributed by atoms with Crippen LogP contribution in [0.15, 0.2) is 122 Å². The molecular weight excluding hydrogens is 2230 g/mol. The van der Waals surface area contributed by atoms with Crippen molar-refractivity contribution >= 4 is 116 Å². The van der Waals surface area contributed by atoms with Crippen molar-refractivity contribution in [2.45, 2.75) is 336 Å². The molecule has 6 aromatic carbocycles. The summed E-state index contributed by atoms with van der Waals surface area (Å²) >= 11 is -4.13. The Balaban J connectivity index is 0.000000214. The molecule has 0 aliphatic heterocycles. The number of nitrogens with zero attached hydrogens (tertiary/aromatic N) is 5. The fraction of sp³-hybridized carbons (Fsp3) is 0.606. The average Bonchev–Trinajstić information content (AvgIpc) is 0.953. The van der Waals surface area contributed by atoms with Gasteiger partial charge in [0.2, 0.25) is 0 Å². The number of halogens is 10. The molecule has 15 unspecified atom stereocenters. The number of phenolic OH excluding ortho intramolecular Hbond substituents is 5. The first-order valence-corrected chi connectivity index (χ1v) is 78.8. The second-order valence-corrected chi connectivity index (χ2v) is 59.5. The number of hydrogen-bond acceptors (Lipinski definition) is 11. The van der Waals surface area contributed by atoms with Crippen molar-refractivity contribution in [3.05, 3.63) is 164 Å². The predicted octanol–water partition coefficient (Wildman–Crippen LogP) is 32.6. The summed E-state index contributed by atoms with van der Waals surface area (Å²) in [6, 6.07) is 35.3. The third-order valence-corrected chi connectivity index (χ3v) is 30.8. The summed E-state index contributed by atoms with van der Waals surface area (Å²) in [5.74, 6) is 11.2. The zero-order chi connectivity index (χ0) is 96.0. The van der Waals surface area contributed by atoms with Gasteiger partial charge in [-0.25, -0.2) is 0 Å². The van der Waals surface area contributed by atoms with Gasteiger partial charge >= 0.3 is 189 Å². The van der Waals surface area contributed by atoms with E-state index in [4.69, 9.17) is 115 Å². The third kappa shape index (κ3) is 33.7. The minimum atomic E-state index is -0.826. The molecule has 0 radical (unpaired) electrons. The molecule has 5 N–H and O–H groups in total. The topological polar surface area (TPSA) is 172 Å². The molecule has 0 amide bonds. The first kappa shape index (κ1) is 117. The van der Waals surface area contributed by atoms with Crippen LogP contribution in [0.3, 0.4) is 0 Å². The molecule has 11 nitrogen and oxygen atoms in total. The van der Waals surface area contributed by atoms with Crippen molar-refractivity contribution in [3.63, 3.8) is 0 Å². The van der Waals surface area contributed by atoms with Gasteiger partial charge in [0.1, 0.15) is 34.5 Å². The Morgan fingerprint density at radius 2 is 0.554 bits per heavy atom. The van der Waals surface area contributed by atoms with Crippen LogP contribution in [-0.4, -0.2) is 93.9 Å². The minimum absolute atomic E-state index is 0.000357. The molecule has 0 heterocycles. The molecule has 6 aromatic rings. The summed E-state index contributed by atoms with van der Waals surface area (Å²) in [7, 11) is 51.0. The molecule has 15 atom stereocenters. The third-order valence-electron chi connectivity index (χ3n) is 30.8. The van der Waals surface area contributed by atoms with Gasteiger partial charge in [0.25, 0.3) is 0 Å². The van der Waals surface area contributed by atoms with Gasteiger partial charge in [-0.2, -0.15) is 0 Å². The fourth-order valence-electron chi connectivity index (χ4n) is 21.3. The van der Waals surface area contributed by atoms with Crippen LogP contribution in [0.25, 0.3) is 11.1 Å². The zero-order valence-electron chi connectivity index (χ0n) is 80.1. The van der Waals surface area contributed by atoms with E-state index in [1.165, 1.54) is 145 Å². The van der Waals surface area contributed by atoms with E-state index < -0.39 is 104 Å². The standard InChI is InChI=1S/C25H31NO.C20H29NO2.2C20H29NO.C19H27NO.10ClH.5Zr/c1-4-25(2,3)22-15-20(18-8-6-5-7-9-18)14-21(24(22)27)16-26-23-13-17-10-11-19(23)12-17;1-5-20(2,3)17-11-16(23-4)10-15(19(17)22)12-21-18-9-13-6-7-14(18)8-13;2*1-5-20(3,4)17-9-13(2)8-16(19(17)22)12-21-18-11-14-6-7-15(18)10-14;1-4-19(2,3)16-7-5-6-15(18(16)21)12-20-17-11-13-8-9-14(17)10-13;;;;;;;;;;;;;;;/h5-9,14-17,19,23,27H,4,10-13H2,1-3H3;10-14,18,22H,5-9H2,1-4H3;2*8-9,12,14-15,18,22H,5-7,10-11H2,1-4H3;5-7,12-14,17,21H,4,8-11H2,1-3H3;10*1H;;;;;/q;;;;;;;;;;;;;;;5*+2/p-10. The number of aliphatic imine (C=N–C) groups is 5. The van der Waals surface area contributed by atoms with E-state index in [0.717, 1.165) is 158 Å². The monoisotopic (exact) mass is 2360 g/mol. The van der Waals surface area contributed by atoms with Crippen LogP contribution in [0, 0.1) is 73.0 Å². The van der Waals surface area contributed by atoms with Crippen molar-refractivity contribution in [2.75, 3.05) is 7.11 Å². The summed E-state index contributed by atoms with van der Waals surface area (Å²) < 4.78 is 5.44. The number of aryl methyl sites for hydroxylation is 2. The van der Waals surface area contributed by atoms with Gasteiger partial charge in [0.05, 0.1) is 37.3 Å². The number of methoxy groups -OCH3 is 1. The van der Waals surface area contributed by atoms with Gasteiger partial charge in [-0.15, -0.1) is 0 Å². The van der Waals surface area contributed by atoms with Gasteiger partial charge in [-0.05, 0) is 293 Å². The van der Waals surface area contributed by atoms with Crippen LogP contribution < -0.4 is 4.74 Å². The number of aromatic hydroxyl groups is 5. The van der Waals surface area contributed by atoms with Gasteiger partial charge in [0.15, 0.2) is 0 Å². The molecule has 130 heavy (non-hydrogen) atoms. The number of phenols is 5. The average molecular weight is 2370 g/mol. The Morgan fingerprint density at radius 3 is 0.823 bits per heavy atom. The Kier molecular flexibility index (Phi) is 51.3. The number of ether oxygens (including phenoxy) is 1. The summed E-state index contributed by atoms with van der Waals surface area (Å²) in [6.07, 6.45) is 41.3. The quantitative estimate of drug-likeness (QED) is 0.0423. The van der Waals surface area contributed by atoms with Crippen LogP contribution in [-0.2, 0) is 131 Å². The van der Waals surface area contributed by atoms with Crippen LogP contribution in [0.5, 0.6) is 34.5 Å².